The number of amides is 1. The van der Waals surface area contributed by atoms with E-state index in [9.17, 15) is 14.7 Å². The van der Waals surface area contributed by atoms with Crippen LogP contribution in [0, 0.1) is 0 Å². The zero-order valence-corrected chi connectivity index (χ0v) is 28.0. The lowest BCUT2D eigenvalue weighted by molar-refractivity contribution is -0.132. The molecule has 0 saturated carbocycles. The van der Waals surface area contributed by atoms with Crippen molar-refractivity contribution in [1.29, 1.82) is 0 Å². The van der Waals surface area contributed by atoms with Crippen molar-refractivity contribution in [1.82, 2.24) is 10.2 Å². The van der Waals surface area contributed by atoms with Gasteiger partial charge >= 0.3 is 5.91 Å². The van der Waals surface area contributed by atoms with Crippen molar-refractivity contribution in [2.75, 3.05) is 32.8 Å². The first-order valence-electron chi connectivity index (χ1n) is 14.3. The standard InChI is InChI=1S/C33H32ClN3O7S2/c1-5-6-15-44-22-13-11-19(12-14-22)28(38)26-27(21-16-24(41-2)30(43-4)25(17-21)42-3)37(31(40)29(26)39)32-35-36-33(46-32)45-18-20-9-7-8-10-23(20)34/h7-14,16-17,27,38H,5-6,15,18H2,1-4H3/t27-/m1/s1. The lowest BCUT2D eigenvalue weighted by atomic mass is 9.94. The van der Waals surface area contributed by atoms with E-state index >= 15 is 0 Å². The van der Waals surface area contributed by atoms with Crippen LogP contribution < -0.4 is 23.8 Å². The minimum atomic E-state index is -1.09. The monoisotopic (exact) mass is 681 g/mol. The maximum atomic E-state index is 13.7. The topological polar surface area (TPSA) is 120 Å². The number of anilines is 1. The SMILES string of the molecule is CCCCOc1ccc(C(O)=C2C(=O)C(=O)N(c3nnc(SCc4ccccc4Cl)s3)[C@@H]2c2cc(OC)c(OC)c(OC)c2)cc1. The molecular formula is C33H32ClN3O7S2. The van der Waals surface area contributed by atoms with Crippen molar-refractivity contribution in [2.45, 2.75) is 35.9 Å². The Kier molecular flexibility index (Phi) is 10.7. The smallest absolute Gasteiger partial charge is 0.301 e. The number of aliphatic hydroxyl groups excluding tert-OH is 1. The Morgan fingerprint density at radius 1 is 1.00 bits per heavy atom. The second kappa shape index (κ2) is 14.9. The molecule has 240 valence electrons. The Labute approximate surface area is 279 Å². The largest absolute Gasteiger partial charge is 0.507 e. The Morgan fingerprint density at radius 2 is 1.70 bits per heavy atom. The molecule has 1 atom stereocenters. The molecule has 1 aliphatic heterocycles. The van der Waals surface area contributed by atoms with Crippen LogP contribution in [0.1, 0.15) is 42.5 Å². The number of thioether (sulfide) groups is 1. The van der Waals surface area contributed by atoms with Crippen LogP contribution in [-0.2, 0) is 15.3 Å². The quantitative estimate of drug-likeness (QED) is 0.0384. The molecule has 1 aliphatic rings. The number of ketones is 1. The molecule has 46 heavy (non-hydrogen) atoms. The van der Waals surface area contributed by atoms with Gasteiger partial charge in [-0.05, 0) is 60.0 Å². The fraction of sp³-hybridized carbons (Fsp3) is 0.273. The number of methoxy groups -OCH3 is 3. The van der Waals surface area contributed by atoms with Gasteiger partial charge in [0.05, 0.1) is 39.6 Å². The molecule has 1 aromatic heterocycles. The molecule has 1 amide bonds. The average Bonchev–Trinajstić information content (AvgIpc) is 3.65. The first-order chi connectivity index (χ1) is 22.3. The highest BCUT2D eigenvalue weighted by molar-refractivity contribution is 8.00. The lowest BCUT2D eigenvalue weighted by Gasteiger charge is -2.24. The zero-order chi connectivity index (χ0) is 32.8. The van der Waals surface area contributed by atoms with E-state index in [1.165, 1.54) is 38.0 Å². The molecule has 2 heterocycles. The summed E-state index contributed by atoms with van der Waals surface area (Å²) in [6.45, 7) is 2.64. The first kappa shape index (κ1) is 33.1. The van der Waals surface area contributed by atoms with Gasteiger partial charge in [-0.25, -0.2) is 0 Å². The Bertz CT molecular complexity index is 1740. The molecule has 4 aromatic rings. The number of aromatic nitrogens is 2. The molecule has 0 aliphatic carbocycles. The van der Waals surface area contributed by atoms with Gasteiger partial charge in [-0.1, -0.05) is 66.2 Å². The number of carbonyl (C=O) groups is 2. The third-order valence-corrected chi connectivity index (χ3v) is 9.73. The number of Topliss-reactive ketones (excluding diaryl/α,β-unsaturated/α-hetero) is 1. The van der Waals surface area contributed by atoms with E-state index < -0.39 is 17.7 Å². The van der Waals surface area contributed by atoms with Crippen LogP contribution in [0.25, 0.3) is 5.76 Å². The summed E-state index contributed by atoms with van der Waals surface area (Å²) in [6, 6.07) is 16.4. The van der Waals surface area contributed by atoms with E-state index in [0.717, 1.165) is 29.7 Å². The van der Waals surface area contributed by atoms with E-state index in [1.807, 2.05) is 24.3 Å². The van der Waals surface area contributed by atoms with Gasteiger partial charge in [-0.2, -0.15) is 0 Å². The summed E-state index contributed by atoms with van der Waals surface area (Å²) in [5.41, 5.74) is 1.56. The lowest BCUT2D eigenvalue weighted by Crippen LogP contribution is -2.29. The van der Waals surface area contributed by atoms with E-state index in [4.69, 9.17) is 30.5 Å². The van der Waals surface area contributed by atoms with Crippen molar-refractivity contribution >= 4 is 57.3 Å². The van der Waals surface area contributed by atoms with Gasteiger partial charge in [0.25, 0.3) is 5.78 Å². The van der Waals surface area contributed by atoms with Crippen LogP contribution in [0.5, 0.6) is 23.0 Å². The Morgan fingerprint density at radius 3 is 2.33 bits per heavy atom. The van der Waals surface area contributed by atoms with Crippen LogP contribution >= 0.6 is 34.7 Å². The summed E-state index contributed by atoms with van der Waals surface area (Å²) in [5.74, 6) is 0.0206. The summed E-state index contributed by atoms with van der Waals surface area (Å²) in [5, 5.41) is 21.0. The van der Waals surface area contributed by atoms with E-state index in [2.05, 4.69) is 17.1 Å². The molecule has 0 bridgehead atoms. The number of rotatable bonds is 13. The fourth-order valence-electron chi connectivity index (χ4n) is 4.92. The molecule has 5 rings (SSSR count). The highest BCUT2D eigenvalue weighted by Gasteiger charge is 2.49. The number of hydrogen-bond donors (Lipinski definition) is 1. The first-order valence-corrected chi connectivity index (χ1v) is 16.5. The highest BCUT2D eigenvalue weighted by atomic mass is 35.5. The van der Waals surface area contributed by atoms with Crippen molar-refractivity contribution in [3.05, 3.63) is 87.9 Å². The van der Waals surface area contributed by atoms with Gasteiger partial charge in [0.2, 0.25) is 10.9 Å². The van der Waals surface area contributed by atoms with Gasteiger partial charge in [-0.15, -0.1) is 10.2 Å². The highest BCUT2D eigenvalue weighted by Crippen LogP contribution is 2.48. The Balaban J connectivity index is 1.58. The third kappa shape index (κ3) is 6.79. The normalized spacial score (nSPS) is 15.7. The molecule has 1 N–H and O–H groups in total. The number of benzene rings is 3. The summed E-state index contributed by atoms with van der Waals surface area (Å²) in [7, 11) is 4.41. The van der Waals surface area contributed by atoms with Crippen LogP contribution in [0.4, 0.5) is 5.13 Å². The van der Waals surface area contributed by atoms with Crippen LogP contribution in [0.2, 0.25) is 5.02 Å². The summed E-state index contributed by atoms with van der Waals surface area (Å²) in [4.78, 5) is 28.7. The predicted molar refractivity (Wildman–Crippen MR) is 179 cm³/mol. The number of aliphatic hydroxyl groups is 1. The van der Waals surface area contributed by atoms with Gasteiger partial charge in [0, 0.05) is 16.3 Å². The molecule has 10 nitrogen and oxygen atoms in total. The average molecular weight is 682 g/mol. The number of nitrogens with zero attached hydrogens (tertiary/aromatic N) is 3. The zero-order valence-electron chi connectivity index (χ0n) is 25.6. The molecule has 13 heteroatoms. The minimum Gasteiger partial charge on any atom is -0.507 e. The molecule has 0 spiro atoms. The second-order valence-corrected chi connectivity index (χ2v) is 12.7. The maximum Gasteiger partial charge on any atom is 0.301 e. The molecular weight excluding hydrogens is 650 g/mol. The maximum absolute atomic E-state index is 13.7. The number of unbranched alkanes of at least 4 members (excludes halogenated alkanes) is 1. The van der Waals surface area contributed by atoms with Gasteiger partial charge in [-0.3, -0.25) is 14.5 Å². The molecule has 0 unspecified atom stereocenters. The van der Waals surface area contributed by atoms with Gasteiger partial charge < -0.3 is 24.1 Å². The predicted octanol–water partition coefficient (Wildman–Crippen LogP) is 7.31. The summed E-state index contributed by atoms with van der Waals surface area (Å²) < 4.78 is 22.9. The minimum absolute atomic E-state index is 0.126. The number of ether oxygens (including phenoxy) is 4. The van der Waals surface area contributed by atoms with Crippen LogP contribution in [-0.4, -0.2) is 54.9 Å². The summed E-state index contributed by atoms with van der Waals surface area (Å²) >= 11 is 8.88. The molecule has 0 radical (unpaired) electrons. The van der Waals surface area contributed by atoms with Crippen molar-refractivity contribution in [3.63, 3.8) is 0 Å². The Hall–Kier alpha value is -4.26. The number of hydrogen-bond acceptors (Lipinski definition) is 11. The van der Waals surface area contributed by atoms with Gasteiger partial charge in [0.1, 0.15) is 11.5 Å². The van der Waals surface area contributed by atoms with E-state index in [0.29, 0.717) is 55.8 Å². The van der Waals surface area contributed by atoms with Gasteiger partial charge in [0.15, 0.2) is 15.8 Å². The molecule has 1 fully saturated rings. The molecule has 3 aromatic carbocycles. The van der Waals surface area contributed by atoms with Crippen molar-refractivity contribution in [2.24, 2.45) is 0 Å². The van der Waals surface area contributed by atoms with E-state index in [-0.39, 0.29) is 16.5 Å². The third-order valence-electron chi connectivity index (χ3n) is 7.25. The fourth-order valence-corrected chi connectivity index (χ4v) is 7.07. The second-order valence-electron chi connectivity index (χ2n) is 10.1. The number of halogens is 1. The van der Waals surface area contributed by atoms with Crippen molar-refractivity contribution < 1.29 is 33.6 Å². The number of carbonyl (C=O) groups excluding carboxylic acids is 2. The van der Waals surface area contributed by atoms with Crippen molar-refractivity contribution in [3.8, 4) is 23.0 Å². The molecule has 1 saturated heterocycles. The van der Waals surface area contributed by atoms with Crippen LogP contribution in [0.15, 0.2) is 70.6 Å². The van der Waals surface area contributed by atoms with E-state index in [1.54, 1.807) is 36.4 Å². The summed E-state index contributed by atoms with van der Waals surface area (Å²) in [6.07, 6.45) is 1.90. The van der Waals surface area contributed by atoms with Crippen LogP contribution in [0.3, 0.4) is 0 Å².